The summed E-state index contributed by atoms with van der Waals surface area (Å²) < 4.78 is 38.3. The van der Waals surface area contributed by atoms with Gasteiger partial charge in [-0.25, -0.2) is 0 Å². The van der Waals surface area contributed by atoms with Gasteiger partial charge in [0, 0.05) is 31.7 Å². The minimum Gasteiger partial charge on any atom is -0.394 e. The summed E-state index contributed by atoms with van der Waals surface area (Å²) in [5.74, 6) is -0.201. The zero-order valence-electron chi connectivity index (χ0n) is 13.2. The van der Waals surface area contributed by atoms with Crippen LogP contribution in [0, 0.1) is 0 Å². The third kappa shape index (κ3) is 4.98. The molecule has 0 heterocycles. The maximum absolute atomic E-state index is 12.8. The fourth-order valence-corrected chi connectivity index (χ4v) is 2.38. The molecule has 24 heavy (non-hydrogen) atoms. The molecule has 0 aliphatic rings. The van der Waals surface area contributed by atoms with E-state index in [1.807, 2.05) is 30.3 Å². The van der Waals surface area contributed by atoms with Crippen LogP contribution >= 0.6 is 0 Å². The fourth-order valence-electron chi connectivity index (χ4n) is 2.38. The molecule has 0 spiro atoms. The second-order valence-corrected chi connectivity index (χ2v) is 5.42. The van der Waals surface area contributed by atoms with Gasteiger partial charge in [-0.3, -0.25) is 4.79 Å². The Balaban J connectivity index is 2.15. The zero-order valence-corrected chi connectivity index (χ0v) is 13.2. The number of carbonyl (C=O) groups excluding carboxylic acids is 1. The first-order valence-electron chi connectivity index (χ1n) is 7.49. The van der Waals surface area contributed by atoms with Crippen molar-refractivity contribution in [2.45, 2.75) is 19.0 Å². The van der Waals surface area contributed by atoms with Gasteiger partial charge in [0.05, 0.1) is 5.56 Å². The zero-order chi connectivity index (χ0) is 17.6. The Kier molecular flexibility index (Phi) is 5.79. The second-order valence-electron chi connectivity index (χ2n) is 5.42. The first-order valence-corrected chi connectivity index (χ1v) is 7.49. The Morgan fingerprint density at radius 1 is 1.00 bits per heavy atom. The van der Waals surface area contributed by atoms with E-state index in [2.05, 4.69) is 5.32 Å². The number of carbonyl (C=O) groups is 1. The average molecular weight is 333 g/mol. The number of ketones is 1. The van der Waals surface area contributed by atoms with Crippen LogP contribution in [0.2, 0.25) is 0 Å². The van der Waals surface area contributed by atoms with E-state index in [4.69, 9.17) is 0 Å². The lowest BCUT2D eigenvalue weighted by Gasteiger charge is -2.10. The van der Waals surface area contributed by atoms with Crippen molar-refractivity contribution in [3.05, 3.63) is 83.1 Å². The molecule has 0 bridgehead atoms. The van der Waals surface area contributed by atoms with Crippen molar-refractivity contribution in [2.24, 2.45) is 0 Å². The van der Waals surface area contributed by atoms with Gasteiger partial charge in [-0.05, 0) is 17.2 Å². The number of halogens is 3. The third-order valence-electron chi connectivity index (χ3n) is 3.53. The highest BCUT2D eigenvalue weighted by molar-refractivity contribution is 5.97. The molecule has 5 heteroatoms. The summed E-state index contributed by atoms with van der Waals surface area (Å²) in [4.78, 5) is 12.5. The molecule has 0 fully saturated rings. The largest absolute Gasteiger partial charge is 0.416 e. The molecule has 0 amide bonds. The highest BCUT2D eigenvalue weighted by atomic mass is 19.4. The van der Waals surface area contributed by atoms with E-state index in [1.54, 1.807) is 13.2 Å². The maximum atomic E-state index is 12.8. The van der Waals surface area contributed by atoms with E-state index < -0.39 is 11.7 Å². The molecule has 0 radical (unpaired) electrons. The smallest absolute Gasteiger partial charge is 0.394 e. The molecule has 0 aliphatic heterocycles. The van der Waals surface area contributed by atoms with E-state index in [0.717, 1.165) is 17.7 Å². The number of hydrogen-bond donors (Lipinski definition) is 1. The fraction of sp³-hybridized carbons (Fsp3) is 0.211. The predicted octanol–water partition coefficient (Wildman–Crippen LogP) is 4.16. The summed E-state index contributed by atoms with van der Waals surface area (Å²) in [6.45, 7) is 0. The summed E-state index contributed by atoms with van der Waals surface area (Å²) in [6.07, 6.45) is -2.45. The molecular formula is C19H18F3NO. The topological polar surface area (TPSA) is 29.1 Å². The summed E-state index contributed by atoms with van der Waals surface area (Å²) >= 11 is 0. The SMILES string of the molecule is CNC=C(Cc1ccccc1)C(=O)Cc1cccc(C(F)(F)F)c1. The van der Waals surface area contributed by atoms with Crippen molar-refractivity contribution in [1.82, 2.24) is 5.32 Å². The van der Waals surface area contributed by atoms with E-state index in [-0.39, 0.29) is 12.2 Å². The molecule has 0 aromatic heterocycles. The molecule has 0 saturated heterocycles. The Morgan fingerprint density at radius 2 is 1.67 bits per heavy atom. The lowest BCUT2D eigenvalue weighted by molar-refractivity contribution is -0.137. The normalized spacial score (nSPS) is 12.1. The van der Waals surface area contributed by atoms with Crippen LogP contribution in [-0.2, 0) is 23.8 Å². The predicted molar refractivity (Wildman–Crippen MR) is 87.4 cm³/mol. The van der Waals surface area contributed by atoms with Crippen molar-refractivity contribution in [3.63, 3.8) is 0 Å². The van der Waals surface area contributed by atoms with Gasteiger partial charge in [-0.2, -0.15) is 13.2 Å². The van der Waals surface area contributed by atoms with Crippen molar-refractivity contribution in [2.75, 3.05) is 7.05 Å². The van der Waals surface area contributed by atoms with Gasteiger partial charge in [0.25, 0.3) is 0 Å². The molecule has 2 rings (SSSR count). The van der Waals surface area contributed by atoms with Crippen LogP contribution in [0.15, 0.2) is 66.4 Å². The number of benzene rings is 2. The summed E-state index contributed by atoms with van der Waals surface area (Å²) in [6, 6.07) is 14.3. The highest BCUT2D eigenvalue weighted by Crippen LogP contribution is 2.29. The minimum atomic E-state index is -4.41. The van der Waals surface area contributed by atoms with Gasteiger partial charge in [-0.15, -0.1) is 0 Å². The molecule has 2 aromatic carbocycles. The van der Waals surface area contributed by atoms with Gasteiger partial charge < -0.3 is 5.32 Å². The van der Waals surface area contributed by atoms with E-state index in [0.29, 0.717) is 17.6 Å². The van der Waals surface area contributed by atoms with E-state index in [9.17, 15) is 18.0 Å². The van der Waals surface area contributed by atoms with Crippen LogP contribution in [0.3, 0.4) is 0 Å². The quantitative estimate of drug-likeness (QED) is 0.804. The molecule has 0 atom stereocenters. The highest BCUT2D eigenvalue weighted by Gasteiger charge is 2.30. The van der Waals surface area contributed by atoms with Crippen molar-refractivity contribution in [3.8, 4) is 0 Å². The van der Waals surface area contributed by atoms with Gasteiger partial charge in [0.2, 0.25) is 0 Å². The van der Waals surface area contributed by atoms with Gasteiger partial charge >= 0.3 is 6.18 Å². The minimum absolute atomic E-state index is 0.0652. The van der Waals surface area contributed by atoms with Gasteiger partial charge in [-0.1, -0.05) is 48.5 Å². The Bertz CT molecular complexity index is 721. The summed E-state index contributed by atoms with van der Waals surface area (Å²) in [5, 5.41) is 2.83. The van der Waals surface area contributed by atoms with Crippen LogP contribution in [0.5, 0.6) is 0 Å². The van der Waals surface area contributed by atoms with Crippen LogP contribution in [-0.4, -0.2) is 12.8 Å². The molecule has 0 unspecified atom stereocenters. The molecule has 126 valence electrons. The number of nitrogens with one attached hydrogen (secondary N) is 1. The van der Waals surface area contributed by atoms with E-state index in [1.165, 1.54) is 12.1 Å². The number of Topliss-reactive ketones (excluding diaryl/α,β-unsaturated/α-hetero) is 1. The Morgan fingerprint density at radius 3 is 2.29 bits per heavy atom. The van der Waals surface area contributed by atoms with Gasteiger partial charge in [0.1, 0.15) is 0 Å². The third-order valence-corrected chi connectivity index (χ3v) is 3.53. The molecule has 0 aliphatic carbocycles. The lowest BCUT2D eigenvalue weighted by atomic mass is 9.97. The molecule has 2 aromatic rings. The second kappa shape index (κ2) is 7.81. The van der Waals surface area contributed by atoms with Crippen LogP contribution < -0.4 is 5.32 Å². The maximum Gasteiger partial charge on any atom is 0.416 e. The number of alkyl halides is 3. The standard InChI is InChI=1S/C19H18F3NO/c1-23-13-16(10-14-6-3-2-4-7-14)18(24)12-15-8-5-9-17(11-15)19(20,21)22/h2-9,11,13,23H,10,12H2,1H3. The molecule has 2 nitrogen and oxygen atoms in total. The number of hydrogen-bond acceptors (Lipinski definition) is 2. The number of allylic oxidation sites excluding steroid dienone is 1. The van der Waals surface area contributed by atoms with Crippen LogP contribution in [0.1, 0.15) is 16.7 Å². The lowest BCUT2D eigenvalue weighted by Crippen LogP contribution is -2.13. The average Bonchev–Trinajstić information content (AvgIpc) is 2.55. The first kappa shape index (κ1) is 17.8. The van der Waals surface area contributed by atoms with E-state index >= 15 is 0 Å². The first-order chi connectivity index (χ1) is 11.4. The van der Waals surface area contributed by atoms with Crippen molar-refractivity contribution >= 4 is 5.78 Å². The number of rotatable bonds is 6. The van der Waals surface area contributed by atoms with Crippen molar-refractivity contribution in [1.29, 1.82) is 0 Å². The van der Waals surface area contributed by atoms with Crippen LogP contribution in [0.25, 0.3) is 0 Å². The molecular weight excluding hydrogens is 315 g/mol. The Hall–Kier alpha value is -2.56. The molecule has 0 saturated carbocycles. The summed E-state index contributed by atoms with van der Waals surface area (Å²) in [5.41, 5.74) is 1.11. The van der Waals surface area contributed by atoms with Crippen LogP contribution in [0.4, 0.5) is 13.2 Å². The Labute approximate surface area is 139 Å². The monoisotopic (exact) mass is 333 g/mol. The van der Waals surface area contributed by atoms with Crippen molar-refractivity contribution < 1.29 is 18.0 Å². The molecule has 1 N–H and O–H groups in total. The summed E-state index contributed by atoms with van der Waals surface area (Å²) in [7, 11) is 1.68. The van der Waals surface area contributed by atoms with Gasteiger partial charge in [0.15, 0.2) is 5.78 Å².